The van der Waals surface area contributed by atoms with Crippen LogP contribution in [0.5, 0.6) is 0 Å². The van der Waals surface area contributed by atoms with Crippen molar-refractivity contribution in [1.29, 1.82) is 0 Å². The van der Waals surface area contributed by atoms with E-state index in [1.165, 1.54) is 22.3 Å². The predicted molar refractivity (Wildman–Crippen MR) is 74.7 cm³/mol. The van der Waals surface area contributed by atoms with Crippen LogP contribution >= 0.6 is 11.6 Å². The molecule has 2 rings (SSSR count). The Bertz CT molecular complexity index is 485. The van der Waals surface area contributed by atoms with E-state index in [4.69, 9.17) is 11.6 Å². The molecule has 0 aliphatic heterocycles. The van der Waals surface area contributed by atoms with Gasteiger partial charge in [-0.15, -0.1) is 11.6 Å². The van der Waals surface area contributed by atoms with Gasteiger partial charge in [0.15, 0.2) is 0 Å². The van der Waals surface area contributed by atoms with Gasteiger partial charge in [-0.2, -0.15) is 0 Å². The summed E-state index contributed by atoms with van der Waals surface area (Å²) in [6, 6.07) is 16.9. The Morgan fingerprint density at radius 2 is 1.59 bits per heavy atom. The van der Waals surface area contributed by atoms with Gasteiger partial charge in [-0.05, 0) is 37.0 Å². The maximum atomic E-state index is 6.47. The first-order valence-corrected chi connectivity index (χ1v) is 6.35. The van der Waals surface area contributed by atoms with Gasteiger partial charge in [-0.25, -0.2) is 0 Å². The summed E-state index contributed by atoms with van der Waals surface area (Å²) in [7, 11) is 0. The van der Waals surface area contributed by atoms with E-state index in [1.807, 2.05) is 0 Å². The monoisotopic (exact) mass is 244 g/mol. The number of alkyl halides is 1. The summed E-state index contributed by atoms with van der Waals surface area (Å²) in [6.07, 6.45) is 0.886. The highest BCUT2D eigenvalue weighted by molar-refractivity contribution is 6.20. The second kappa shape index (κ2) is 5.37. The molecule has 1 unspecified atom stereocenters. The van der Waals surface area contributed by atoms with E-state index >= 15 is 0 Å². The average Bonchev–Trinajstić information content (AvgIpc) is 2.33. The van der Waals surface area contributed by atoms with Crippen LogP contribution in [0.3, 0.4) is 0 Å². The minimum absolute atomic E-state index is 0.0525. The fourth-order valence-corrected chi connectivity index (χ4v) is 2.24. The van der Waals surface area contributed by atoms with Crippen LogP contribution < -0.4 is 0 Å². The SMILES string of the molecule is Cc1ccc(C(Cl)Cc2ccccc2C)cc1. The second-order valence-electron chi connectivity index (χ2n) is 4.51. The predicted octanol–water partition coefficient (Wildman–Crippen LogP) is 4.83. The van der Waals surface area contributed by atoms with Crippen LogP contribution in [-0.4, -0.2) is 0 Å². The molecular formula is C16H17Cl. The molecule has 0 fully saturated rings. The van der Waals surface area contributed by atoms with E-state index in [0.29, 0.717) is 0 Å². The molecule has 2 aromatic rings. The molecule has 0 amide bonds. The number of halogens is 1. The molecule has 0 aromatic heterocycles. The fourth-order valence-electron chi connectivity index (χ4n) is 1.93. The Hall–Kier alpha value is -1.27. The standard InChI is InChI=1S/C16H17Cl/c1-12-7-9-14(10-8-12)16(17)11-15-6-4-3-5-13(15)2/h3-10,16H,11H2,1-2H3. The maximum absolute atomic E-state index is 6.47. The molecule has 0 spiro atoms. The van der Waals surface area contributed by atoms with Gasteiger partial charge in [0, 0.05) is 0 Å². The van der Waals surface area contributed by atoms with E-state index in [-0.39, 0.29) is 5.38 Å². The van der Waals surface area contributed by atoms with Gasteiger partial charge in [-0.1, -0.05) is 54.1 Å². The van der Waals surface area contributed by atoms with Crippen molar-refractivity contribution in [3.8, 4) is 0 Å². The van der Waals surface area contributed by atoms with Gasteiger partial charge < -0.3 is 0 Å². The number of rotatable bonds is 3. The Morgan fingerprint density at radius 3 is 2.24 bits per heavy atom. The molecule has 0 saturated heterocycles. The lowest BCUT2D eigenvalue weighted by atomic mass is 10.00. The van der Waals surface area contributed by atoms with Crippen molar-refractivity contribution in [2.45, 2.75) is 25.6 Å². The Labute approximate surface area is 108 Å². The summed E-state index contributed by atoms with van der Waals surface area (Å²) in [5, 5.41) is 0.0525. The van der Waals surface area contributed by atoms with Crippen molar-refractivity contribution in [3.05, 3.63) is 70.8 Å². The van der Waals surface area contributed by atoms with E-state index in [9.17, 15) is 0 Å². The number of aryl methyl sites for hydroxylation is 2. The molecule has 0 nitrogen and oxygen atoms in total. The van der Waals surface area contributed by atoms with Gasteiger partial charge in [0.1, 0.15) is 0 Å². The van der Waals surface area contributed by atoms with Crippen molar-refractivity contribution in [3.63, 3.8) is 0 Å². The van der Waals surface area contributed by atoms with Crippen LogP contribution in [0, 0.1) is 13.8 Å². The van der Waals surface area contributed by atoms with Crippen LogP contribution in [0.2, 0.25) is 0 Å². The van der Waals surface area contributed by atoms with Gasteiger partial charge in [0.2, 0.25) is 0 Å². The molecule has 0 saturated carbocycles. The fraction of sp³-hybridized carbons (Fsp3) is 0.250. The highest BCUT2D eigenvalue weighted by atomic mass is 35.5. The van der Waals surface area contributed by atoms with Crippen LogP contribution in [-0.2, 0) is 6.42 Å². The first-order valence-electron chi connectivity index (χ1n) is 5.92. The van der Waals surface area contributed by atoms with Crippen molar-refractivity contribution in [1.82, 2.24) is 0 Å². The third kappa shape index (κ3) is 3.10. The average molecular weight is 245 g/mol. The minimum atomic E-state index is 0.0525. The van der Waals surface area contributed by atoms with E-state index in [1.54, 1.807) is 0 Å². The summed E-state index contributed by atoms with van der Waals surface area (Å²) >= 11 is 6.47. The third-order valence-electron chi connectivity index (χ3n) is 3.10. The molecule has 17 heavy (non-hydrogen) atoms. The molecule has 0 N–H and O–H groups in total. The van der Waals surface area contributed by atoms with Crippen LogP contribution in [0.1, 0.15) is 27.6 Å². The molecule has 1 atom stereocenters. The van der Waals surface area contributed by atoms with Gasteiger partial charge >= 0.3 is 0 Å². The van der Waals surface area contributed by atoms with Crippen molar-refractivity contribution >= 4 is 11.6 Å². The zero-order valence-electron chi connectivity index (χ0n) is 10.3. The summed E-state index contributed by atoms with van der Waals surface area (Å²) in [5.74, 6) is 0. The first kappa shape index (κ1) is 12.2. The summed E-state index contributed by atoms with van der Waals surface area (Å²) < 4.78 is 0. The second-order valence-corrected chi connectivity index (χ2v) is 5.04. The van der Waals surface area contributed by atoms with E-state index in [0.717, 1.165) is 6.42 Å². The molecule has 0 aliphatic rings. The number of hydrogen-bond acceptors (Lipinski definition) is 0. The largest absolute Gasteiger partial charge is 0.117 e. The molecule has 0 bridgehead atoms. The van der Waals surface area contributed by atoms with Crippen LogP contribution in [0.25, 0.3) is 0 Å². The Morgan fingerprint density at radius 1 is 0.941 bits per heavy atom. The lowest BCUT2D eigenvalue weighted by molar-refractivity contribution is 0.910. The molecule has 0 aliphatic carbocycles. The molecular weight excluding hydrogens is 228 g/mol. The Kier molecular flexibility index (Phi) is 3.86. The van der Waals surface area contributed by atoms with Crippen molar-refractivity contribution in [2.75, 3.05) is 0 Å². The highest BCUT2D eigenvalue weighted by Crippen LogP contribution is 2.26. The minimum Gasteiger partial charge on any atom is -0.117 e. The van der Waals surface area contributed by atoms with Crippen molar-refractivity contribution < 1.29 is 0 Å². The lowest BCUT2D eigenvalue weighted by Gasteiger charge is -2.12. The van der Waals surface area contributed by atoms with Gasteiger partial charge in [0.25, 0.3) is 0 Å². The summed E-state index contributed by atoms with van der Waals surface area (Å²) in [4.78, 5) is 0. The zero-order valence-corrected chi connectivity index (χ0v) is 11.0. The van der Waals surface area contributed by atoms with Crippen LogP contribution in [0.4, 0.5) is 0 Å². The first-order chi connectivity index (χ1) is 8.16. The van der Waals surface area contributed by atoms with Crippen molar-refractivity contribution in [2.24, 2.45) is 0 Å². The maximum Gasteiger partial charge on any atom is 0.0625 e. The van der Waals surface area contributed by atoms with Crippen LogP contribution in [0.15, 0.2) is 48.5 Å². The topological polar surface area (TPSA) is 0 Å². The number of hydrogen-bond donors (Lipinski definition) is 0. The molecule has 0 radical (unpaired) electrons. The van der Waals surface area contributed by atoms with Gasteiger partial charge in [0.05, 0.1) is 5.38 Å². The van der Waals surface area contributed by atoms with E-state index in [2.05, 4.69) is 62.4 Å². The lowest BCUT2D eigenvalue weighted by Crippen LogP contribution is -1.97. The molecule has 1 heteroatoms. The summed E-state index contributed by atoms with van der Waals surface area (Å²) in [5.41, 5.74) is 5.10. The molecule has 88 valence electrons. The summed E-state index contributed by atoms with van der Waals surface area (Å²) in [6.45, 7) is 4.22. The normalized spacial score (nSPS) is 12.4. The van der Waals surface area contributed by atoms with E-state index < -0.39 is 0 Å². The highest BCUT2D eigenvalue weighted by Gasteiger charge is 2.09. The zero-order chi connectivity index (χ0) is 12.3. The number of benzene rings is 2. The smallest absolute Gasteiger partial charge is 0.0625 e. The Balaban J connectivity index is 2.14. The molecule has 2 aromatic carbocycles. The third-order valence-corrected chi connectivity index (χ3v) is 3.51. The molecule has 0 heterocycles. The quantitative estimate of drug-likeness (QED) is 0.679. The van der Waals surface area contributed by atoms with Gasteiger partial charge in [-0.3, -0.25) is 0 Å².